The van der Waals surface area contributed by atoms with Gasteiger partial charge in [0.2, 0.25) is 16.1 Å². The number of alkyl halides is 3. The Morgan fingerprint density at radius 2 is 1.82 bits per heavy atom. The van der Waals surface area contributed by atoms with Crippen molar-refractivity contribution in [1.82, 2.24) is 9.21 Å². The van der Waals surface area contributed by atoms with E-state index in [1.165, 1.54) is 16.3 Å². The summed E-state index contributed by atoms with van der Waals surface area (Å²) in [6.07, 6.45) is -6.18. The lowest BCUT2D eigenvalue weighted by atomic mass is 9.87. The first-order chi connectivity index (χ1) is 18.9. The molecular weight excluding hydrogens is 557 g/mol. The highest BCUT2D eigenvalue weighted by atomic mass is 32.2. The maximum atomic E-state index is 13.6. The van der Waals surface area contributed by atoms with Gasteiger partial charge >= 0.3 is 12.3 Å². The fourth-order valence-corrected chi connectivity index (χ4v) is 7.12. The number of amides is 1. The first kappa shape index (κ1) is 30.8. The molecule has 4 rings (SSSR count). The van der Waals surface area contributed by atoms with Gasteiger partial charge in [0.1, 0.15) is 5.75 Å². The highest BCUT2D eigenvalue weighted by Gasteiger charge is 2.49. The van der Waals surface area contributed by atoms with Gasteiger partial charge < -0.3 is 28.6 Å². The molecule has 1 aromatic rings. The number of likely N-dealkylation sites (tertiary alicyclic amines) is 1. The van der Waals surface area contributed by atoms with Crippen molar-refractivity contribution < 1.29 is 50.1 Å². The topological polar surface area (TPSA) is 104 Å². The summed E-state index contributed by atoms with van der Waals surface area (Å²) in [6.45, 7) is 0.413. The number of rotatable bonds is 9. The van der Waals surface area contributed by atoms with Gasteiger partial charge in [-0.3, -0.25) is 0 Å². The largest absolute Gasteiger partial charge is 0.497 e. The van der Waals surface area contributed by atoms with Crippen molar-refractivity contribution >= 4 is 16.1 Å². The third-order valence-electron chi connectivity index (χ3n) is 7.93. The normalized spacial score (nSPS) is 22.9. The molecule has 0 aromatic heterocycles. The van der Waals surface area contributed by atoms with Crippen LogP contribution in [0.15, 0.2) is 24.3 Å². The van der Waals surface area contributed by atoms with Gasteiger partial charge in [-0.15, -0.1) is 0 Å². The second kappa shape index (κ2) is 12.8. The zero-order valence-electron chi connectivity index (χ0n) is 22.7. The molecule has 0 N–H and O–H groups in total. The molecule has 3 fully saturated rings. The third kappa shape index (κ3) is 7.38. The Balaban J connectivity index is 1.26. The second-order valence-corrected chi connectivity index (χ2v) is 12.8. The van der Waals surface area contributed by atoms with Gasteiger partial charge in [-0.05, 0) is 49.8 Å². The van der Waals surface area contributed by atoms with Crippen LogP contribution in [0.25, 0.3) is 0 Å². The summed E-state index contributed by atoms with van der Waals surface area (Å²) in [5.41, 5.74) is 0.0154. The summed E-state index contributed by atoms with van der Waals surface area (Å²) >= 11 is 0. The van der Waals surface area contributed by atoms with E-state index in [4.69, 9.17) is 23.7 Å². The summed E-state index contributed by atoms with van der Waals surface area (Å²) in [4.78, 5) is 13.9. The van der Waals surface area contributed by atoms with Crippen LogP contribution < -0.4 is 4.74 Å². The number of sulfonamides is 1. The first-order valence-electron chi connectivity index (χ1n) is 13.3. The van der Waals surface area contributed by atoms with Gasteiger partial charge in [0.05, 0.1) is 43.8 Å². The number of nitrogens with zero attached hydrogens (tertiary/aromatic N) is 2. The molecule has 0 aliphatic carbocycles. The van der Waals surface area contributed by atoms with E-state index >= 15 is 0 Å². The van der Waals surface area contributed by atoms with Crippen molar-refractivity contribution in [2.24, 2.45) is 0 Å². The Labute approximate surface area is 232 Å². The van der Waals surface area contributed by atoms with E-state index in [1.54, 1.807) is 31.3 Å². The van der Waals surface area contributed by atoms with Crippen molar-refractivity contribution in [2.45, 2.75) is 67.9 Å². The number of hydrogen-bond acceptors (Lipinski definition) is 8. The molecule has 0 saturated carbocycles. The Kier molecular flexibility index (Phi) is 9.87. The van der Waals surface area contributed by atoms with E-state index < -0.39 is 45.9 Å². The minimum atomic E-state index is -4.80. The molecule has 14 heteroatoms. The predicted molar refractivity (Wildman–Crippen MR) is 137 cm³/mol. The number of benzene rings is 1. The van der Waals surface area contributed by atoms with E-state index in [9.17, 15) is 26.4 Å². The van der Waals surface area contributed by atoms with Crippen molar-refractivity contribution in [3.8, 4) is 5.75 Å². The number of hydrogen-bond donors (Lipinski definition) is 0. The molecule has 40 heavy (non-hydrogen) atoms. The van der Waals surface area contributed by atoms with Gasteiger partial charge in [0, 0.05) is 33.4 Å². The quantitative estimate of drug-likeness (QED) is 0.429. The van der Waals surface area contributed by atoms with E-state index in [-0.39, 0.29) is 32.3 Å². The van der Waals surface area contributed by atoms with Gasteiger partial charge in [0.15, 0.2) is 0 Å². The minimum Gasteiger partial charge on any atom is -0.497 e. The van der Waals surface area contributed by atoms with Crippen LogP contribution in [-0.2, 0) is 35.6 Å². The second-order valence-electron chi connectivity index (χ2n) is 10.5. The van der Waals surface area contributed by atoms with E-state index in [0.717, 1.165) is 0 Å². The first-order valence-corrected chi connectivity index (χ1v) is 14.9. The molecule has 3 heterocycles. The highest BCUT2D eigenvalue weighted by molar-refractivity contribution is 7.89. The molecule has 1 spiro atoms. The molecule has 10 nitrogen and oxygen atoms in total. The maximum absolute atomic E-state index is 13.6. The zero-order chi connectivity index (χ0) is 29.0. The monoisotopic (exact) mass is 594 g/mol. The molecule has 3 aliphatic rings. The molecule has 1 aromatic carbocycles. The van der Waals surface area contributed by atoms with Crippen molar-refractivity contribution in [3.05, 3.63) is 29.8 Å². The molecule has 1 amide bonds. The number of piperidine rings is 1. The molecule has 0 radical (unpaired) electrons. The standard InChI is InChI=1S/C26H37F3N2O8S/c1-30(40(33,34)22-7-13-36-14-8-22)20-15-25(38-17-20)9-11-31(12-10-25)24(32)39-23(26(27,28)29)18-37-16-19-3-5-21(35-2)6-4-19/h3-6,20,22-23H,7-18H2,1-2H3. The molecule has 2 atom stereocenters. The van der Waals surface area contributed by atoms with Crippen LogP contribution in [0, 0.1) is 0 Å². The van der Waals surface area contributed by atoms with Gasteiger partial charge in [-0.25, -0.2) is 13.2 Å². The minimum absolute atomic E-state index is 0.0858. The molecule has 3 aliphatic heterocycles. The maximum Gasteiger partial charge on any atom is 0.427 e. The number of methoxy groups -OCH3 is 1. The number of likely N-dealkylation sites (N-methyl/N-ethyl adjacent to an activating group) is 1. The smallest absolute Gasteiger partial charge is 0.427 e. The van der Waals surface area contributed by atoms with Crippen LogP contribution in [0.2, 0.25) is 0 Å². The summed E-state index contributed by atoms with van der Waals surface area (Å²) in [5.74, 6) is 0.611. The molecule has 226 valence electrons. The summed E-state index contributed by atoms with van der Waals surface area (Å²) in [7, 11) is -0.441. The van der Waals surface area contributed by atoms with E-state index in [1.807, 2.05) is 0 Å². The van der Waals surface area contributed by atoms with Crippen molar-refractivity contribution in [3.63, 3.8) is 0 Å². The fourth-order valence-electron chi connectivity index (χ4n) is 5.31. The Morgan fingerprint density at radius 3 is 2.42 bits per heavy atom. The predicted octanol–water partition coefficient (Wildman–Crippen LogP) is 3.34. The molecular formula is C26H37F3N2O8S. The third-order valence-corrected chi connectivity index (χ3v) is 10.3. The molecule has 3 saturated heterocycles. The lowest BCUT2D eigenvalue weighted by molar-refractivity contribution is -0.220. The lowest BCUT2D eigenvalue weighted by Crippen LogP contribution is -2.49. The number of carbonyl (C=O) groups excluding carboxylic acids is 1. The number of ether oxygens (including phenoxy) is 5. The molecule has 2 unspecified atom stereocenters. The van der Waals surface area contributed by atoms with E-state index in [0.29, 0.717) is 56.6 Å². The zero-order valence-corrected chi connectivity index (χ0v) is 23.5. The average Bonchev–Trinajstić information content (AvgIpc) is 3.35. The van der Waals surface area contributed by atoms with E-state index in [2.05, 4.69) is 0 Å². The van der Waals surface area contributed by atoms with Gasteiger partial charge in [-0.1, -0.05) is 12.1 Å². The Morgan fingerprint density at radius 1 is 1.18 bits per heavy atom. The van der Waals surface area contributed by atoms with Crippen LogP contribution in [0.5, 0.6) is 5.75 Å². The highest BCUT2D eigenvalue weighted by Crippen LogP contribution is 2.39. The van der Waals surface area contributed by atoms with Gasteiger partial charge in [-0.2, -0.15) is 17.5 Å². The van der Waals surface area contributed by atoms with Crippen LogP contribution >= 0.6 is 0 Å². The number of carbonyl (C=O) groups is 1. The summed E-state index contributed by atoms with van der Waals surface area (Å²) < 4.78 is 94.8. The van der Waals surface area contributed by atoms with Crippen LogP contribution in [-0.4, -0.2) is 107 Å². The van der Waals surface area contributed by atoms with Crippen LogP contribution in [0.4, 0.5) is 18.0 Å². The van der Waals surface area contributed by atoms with Crippen LogP contribution in [0.3, 0.4) is 0 Å². The lowest BCUT2D eigenvalue weighted by Gasteiger charge is -2.39. The Hall–Kier alpha value is -2.13. The fraction of sp³-hybridized carbons (Fsp3) is 0.731. The number of halogens is 3. The van der Waals surface area contributed by atoms with Crippen LogP contribution in [0.1, 0.15) is 37.7 Å². The Bertz CT molecular complexity index is 1090. The summed E-state index contributed by atoms with van der Waals surface area (Å²) in [6, 6.07) is 6.34. The summed E-state index contributed by atoms with van der Waals surface area (Å²) in [5, 5.41) is -0.485. The average molecular weight is 595 g/mol. The molecule has 0 bridgehead atoms. The SMILES string of the molecule is COc1ccc(COCC(OC(=O)N2CCC3(CC2)CC(N(C)S(=O)(=O)C2CCOCC2)CO3)C(F)(F)F)cc1. The van der Waals surface area contributed by atoms with Gasteiger partial charge in [0.25, 0.3) is 0 Å². The van der Waals surface area contributed by atoms with Crippen molar-refractivity contribution in [1.29, 1.82) is 0 Å². The van der Waals surface area contributed by atoms with Crippen molar-refractivity contribution in [2.75, 3.05) is 53.7 Å².